The second-order valence-corrected chi connectivity index (χ2v) is 3.72. The summed E-state index contributed by atoms with van der Waals surface area (Å²) in [4.78, 5) is 4.24. The van der Waals surface area contributed by atoms with E-state index in [2.05, 4.69) is 26.9 Å². The van der Waals surface area contributed by atoms with E-state index >= 15 is 0 Å². The summed E-state index contributed by atoms with van der Waals surface area (Å²) >= 11 is 1.67. The Morgan fingerprint density at radius 3 is 3.21 bits per heavy atom. The average Bonchev–Trinajstić information content (AvgIpc) is 2.79. The van der Waals surface area contributed by atoms with Crippen LogP contribution in [-0.4, -0.2) is 17.2 Å². The maximum absolute atomic E-state index is 5.09. The van der Waals surface area contributed by atoms with Gasteiger partial charge in [0.25, 0.3) is 0 Å². The molecule has 0 unspecified atom stereocenters. The predicted octanol–water partition coefficient (Wildman–Crippen LogP) is 1.44. The number of nitrogens with zero attached hydrogens (tertiary/aromatic N) is 2. The molecule has 2 aromatic heterocycles. The molecular weight excluding hydrogens is 198 g/mol. The first-order chi connectivity index (χ1) is 6.88. The van der Waals surface area contributed by atoms with Crippen molar-refractivity contribution in [1.29, 1.82) is 0 Å². The highest BCUT2D eigenvalue weighted by molar-refractivity contribution is 7.07. The van der Waals surface area contributed by atoms with Crippen molar-refractivity contribution >= 4 is 11.3 Å². The Bertz CT molecular complexity index is 382. The van der Waals surface area contributed by atoms with Crippen LogP contribution in [0.5, 0.6) is 0 Å². The molecule has 0 aliphatic heterocycles. The lowest BCUT2D eigenvalue weighted by Gasteiger charge is -1.88. The van der Waals surface area contributed by atoms with Gasteiger partial charge in [-0.2, -0.15) is 16.3 Å². The van der Waals surface area contributed by atoms with E-state index in [9.17, 15) is 0 Å². The lowest BCUT2D eigenvalue weighted by molar-refractivity contribution is 0.378. The molecule has 0 fully saturated rings. The molecule has 0 spiro atoms. The Labute approximate surface area is 86.0 Å². The zero-order valence-corrected chi connectivity index (χ0v) is 8.67. The molecule has 2 aromatic rings. The highest BCUT2D eigenvalue weighted by atomic mass is 32.1. The minimum Gasteiger partial charge on any atom is -0.339 e. The van der Waals surface area contributed by atoms with E-state index < -0.39 is 0 Å². The molecule has 0 radical (unpaired) electrons. The van der Waals surface area contributed by atoms with Gasteiger partial charge in [0.2, 0.25) is 5.89 Å². The summed E-state index contributed by atoms with van der Waals surface area (Å²) in [7, 11) is 1.86. The van der Waals surface area contributed by atoms with Crippen LogP contribution in [0, 0.1) is 0 Å². The standard InChI is InChI=1S/C9H11N3OS/c1-10-5-8-11-9(13-12-8)4-7-2-3-14-6-7/h2-3,6,10H,4-5H2,1H3. The van der Waals surface area contributed by atoms with Crippen LogP contribution in [0.15, 0.2) is 21.3 Å². The van der Waals surface area contributed by atoms with Gasteiger partial charge < -0.3 is 9.84 Å². The number of hydrogen-bond acceptors (Lipinski definition) is 5. The minimum atomic E-state index is 0.646. The second-order valence-electron chi connectivity index (χ2n) is 2.94. The molecule has 2 heterocycles. The number of hydrogen-bond donors (Lipinski definition) is 1. The average molecular weight is 209 g/mol. The number of nitrogens with one attached hydrogen (secondary N) is 1. The molecule has 0 aliphatic rings. The van der Waals surface area contributed by atoms with E-state index in [1.54, 1.807) is 11.3 Å². The van der Waals surface area contributed by atoms with Crippen LogP contribution in [0.25, 0.3) is 0 Å². The van der Waals surface area contributed by atoms with Gasteiger partial charge in [-0.3, -0.25) is 0 Å². The van der Waals surface area contributed by atoms with Gasteiger partial charge in [-0.15, -0.1) is 0 Å². The van der Waals surface area contributed by atoms with Crippen molar-refractivity contribution in [3.8, 4) is 0 Å². The molecule has 0 aromatic carbocycles. The Kier molecular flexibility index (Phi) is 2.90. The fraction of sp³-hybridized carbons (Fsp3) is 0.333. The lowest BCUT2D eigenvalue weighted by Crippen LogP contribution is -2.06. The van der Waals surface area contributed by atoms with Crippen LogP contribution in [-0.2, 0) is 13.0 Å². The van der Waals surface area contributed by atoms with Crippen molar-refractivity contribution in [1.82, 2.24) is 15.5 Å². The Morgan fingerprint density at radius 1 is 1.57 bits per heavy atom. The third kappa shape index (κ3) is 2.18. The summed E-state index contributed by atoms with van der Waals surface area (Å²) in [5, 5.41) is 10.9. The van der Waals surface area contributed by atoms with Crippen LogP contribution in [0.4, 0.5) is 0 Å². The maximum Gasteiger partial charge on any atom is 0.231 e. The van der Waals surface area contributed by atoms with Crippen molar-refractivity contribution in [3.63, 3.8) is 0 Å². The summed E-state index contributed by atoms with van der Waals surface area (Å²) in [6.07, 6.45) is 0.722. The van der Waals surface area contributed by atoms with Gasteiger partial charge >= 0.3 is 0 Å². The van der Waals surface area contributed by atoms with E-state index in [1.165, 1.54) is 5.56 Å². The molecule has 4 nitrogen and oxygen atoms in total. The van der Waals surface area contributed by atoms with Crippen molar-refractivity contribution in [2.24, 2.45) is 0 Å². The van der Waals surface area contributed by atoms with Crippen molar-refractivity contribution in [2.75, 3.05) is 7.05 Å². The molecule has 0 aliphatic carbocycles. The van der Waals surface area contributed by atoms with Crippen LogP contribution in [0.3, 0.4) is 0 Å². The molecule has 5 heteroatoms. The van der Waals surface area contributed by atoms with E-state index in [0.29, 0.717) is 18.3 Å². The molecule has 1 N–H and O–H groups in total. The van der Waals surface area contributed by atoms with E-state index in [-0.39, 0.29) is 0 Å². The summed E-state index contributed by atoms with van der Waals surface area (Å²) in [5.74, 6) is 1.38. The molecule has 14 heavy (non-hydrogen) atoms. The highest BCUT2D eigenvalue weighted by Gasteiger charge is 2.06. The summed E-state index contributed by atoms with van der Waals surface area (Å²) in [6, 6.07) is 2.06. The van der Waals surface area contributed by atoms with Crippen LogP contribution in [0.1, 0.15) is 17.3 Å². The molecule has 0 atom stereocenters. The molecule has 0 bridgehead atoms. The van der Waals surface area contributed by atoms with Crippen LogP contribution < -0.4 is 5.32 Å². The Morgan fingerprint density at radius 2 is 2.50 bits per heavy atom. The first-order valence-corrected chi connectivity index (χ1v) is 5.30. The van der Waals surface area contributed by atoms with Crippen molar-refractivity contribution < 1.29 is 4.52 Å². The third-order valence-corrected chi connectivity index (χ3v) is 2.51. The predicted molar refractivity (Wildman–Crippen MR) is 54.2 cm³/mol. The highest BCUT2D eigenvalue weighted by Crippen LogP contribution is 2.11. The Balaban J connectivity index is 2.03. The number of thiophene rings is 1. The number of rotatable bonds is 4. The zero-order valence-electron chi connectivity index (χ0n) is 7.86. The summed E-state index contributed by atoms with van der Waals surface area (Å²) in [5.41, 5.74) is 1.22. The number of aromatic nitrogens is 2. The largest absolute Gasteiger partial charge is 0.339 e. The van der Waals surface area contributed by atoms with Crippen molar-refractivity contribution in [2.45, 2.75) is 13.0 Å². The first-order valence-electron chi connectivity index (χ1n) is 4.35. The van der Waals surface area contributed by atoms with E-state index in [1.807, 2.05) is 12.4 Å². The van der Waals surface area contributed by atoms with Crippen LogP contribution in [0.2, 0.25) is 0 Å². The fourth-order valence-corrected chi connectivity index (χ4v) is 1.83. The SMILES string of the molecule is CNCc1noc(Cc2ccsc2)n1. The van der Waals surface area contributed by atoms with Gasteiger partial charge in [0.15, 0.2) is 5.82 Å². The lowest BCUT2D eigenvalue weighted by atomic mass is 10.2. The molecular formula is C9H11N3OS. The normalized spacial score (nSPS) is 10.6. The minimum absolute atomic E-state index is 0.646. The molecule has 0 saturated heterocycles. The van der Waals surface area contributed by atoms with Gasteiger partial charge in [0, 0.05) is 0 Å². The topological polar surface area (TPSA) is 51.0 Å². The van der Waals surface area contributed by atoms with E-state index in [4.69, 9.17) is 4.52 Å². The molecule has 0 amide bonds. The molecule has 74 valence electrons. The van der Waals surface area contributed by atoms with Gasteiger partial charge in [-0.25, -0.2) is 0 Å². The van der Waals surface area contributed by atoms with Crippen LogP contribution >= 0.6 is 11.3 Å². The van der Waals surface area contributed by atoms with Gasteiger partial charge in [-0.1, -0.05) is 5.16 Å². The maximum atomic E-state index is 5.09. The first kappa shape index (κ1) is 9.36. The van der Waals surface area contributed by atoms with Gasteiger partial charge in [-0.05, 0) is 29.4 Å². The van der Waals surface area contributed by atoms with Gasteiger partial charge in [0.05, 0.1) is 13.0 Å². The van der Waals surface area contributed by atoms with Gasteiger partial charge in [0.1, 0.15) is 0 Å². The second kappa shape index (κ2) is 4.34. The quantitative estimate of drug-likeness (QED) is 0.827. The summed E-state index contributed by atoms with van der Waals surface area (Å²) < 4.78 is 5.09. The smallest absolute Gasteiger partial charge is 0.231 e. The fourth-order valence-electron chi connectivity index (χ4n) is 1.16. The third-order valence-electron chi connectivity index (χ3n) is 1.78. The molecule has 0 saturated carbocycles. The Hall–Kier alpha value is -1.20. The summed E-state index contributed by atoms with van der Waals surface area (Å²) in [6.45, 7) is 0.646. The zero-order chi connectivity index (χ0) is 9.80. The van der Waals surface area contributed by atoms with E-state index in [0.717, 1.165) is 6.42 Å². The van der Waals surface area contributed by atoms with Crippen molar-refractivity contribution in [3.05, 3.63) is 34.1 Å². The molecule has 2 rings (SSSR count). The monoisotopic (exact) mass is 209 g/mol.